The van der Waals surface area contributed by atoms with E-state index in [2.05, 4.69) is 94.8 Å². The SMILES string of the molecule is [W]#[C][Si](c1ccccc1)(c1ccccc1)c1ccccc1. The van der Waals surface area contributed by atoms with Crippen LogP contribution in [-0.4, -0.2) is 8.07 Å². The Kier molecular flexibility index (Phi) is 4.36. The van der Waals surface area contributed by atoms with E-state index in [0.29, 0.717) is 0 Å². The summed E-state index contributed by atoms with van der Waals surface area (Å²) in [4.78, 5) is 0. The van der Waals surface area contributed by atoms with Crippen molar-refractivity contribution in [3.8, 4) is 3.83 Å². The van der Waals surface area contributed by atoms with Crippen LogP contribution in [0.1, 0.15) is 0 Å². The maximum atomic E-state index is 3.79. The average Bonchev–Trinajstić information content (AvgIpc) is 2.59. The van der Waals surface area contributed by atoms with Crippen molar-refractivity contribution in [1.29, 1.82) is 0 Å². The third kappa shape index (κ3) is 2.61. The Bertz CT molecular complexity index is 649. The zero-order valence-electron chi connectivity index (χ0n) is 11.6. The van der Waals surface area contributed by atoms with Crippen molar-refractivity contribution >= 4 is 23.6 Å². The van der Waals surface area contributed by atoms with Crippen LogP contribution in [-0.2, 0) is 19.2 Å². The molecule has 0 aromatic heterocycles. The normalized spacial score (nSPS) is 10.8. The fraction of sp³-hybridized carbons (Fsp3) is 0. The van der Waals surface area contributed by atoms with Gasteiger partial charge in [0.05, 0.1) is 0 Å². The molecule has 0 amide bonds. The molecule has 101 valence electrons. The standard InChI is InChI=1S/C19H15Si.W/c1-20(17-11-5-2-6-12-17,18-13-7-3-8-14-18)19-15-9-4-10-16-19;/h2-16H;. The Morgan fingerprint density at radius 2 is 0.810 bits per heavy atom. The van der Waals surface area contributed by atoms with Crippen LogP contribution in [0.25, 0.3) is 0 Å². The summed E-state index contributed by atoms with van der Waals surface area (Å²) < 4.78 is 3.79. The summed E-state index contributed by atoms with van der Waals surface area (Å²) in [6, 6.07) is 32.6. The minimum atomic E-state index is -2.11. The van der Waals surface area contributed by atoms with Crippen molar-refractivity contribution in [3.05, 3.63) is 91.0 Å². The van der Waals surface area contributed by atoms with E-state index in [1.165, 1.54) is 34.7 Å². The summed E-state index contributed by atoms with van der Waals surface area (Å²) in [5, 5.41) is 4.20. The van der Waals surface area contributed by atoms with Gasteiger partial charge in [-0.3, -0.25) is 0 Å². The first kappa shape index (κ1) is 14.3. The second kappa shape index (κ2) is 6.41. The quantitative estimate of drug-likeness (QED) is 0.420. The maximum absolute atomic E-state index is 3.79. The van der Waals surface area contributed by atoms with E-state index in [0.717, 1.165) is 0 Å². The first-order chi connectivity index (χ1) is 10.4. The monoisotopic (exact) mass is 455 g/mol. The fourth-order valence-corrected chi connectivity index (χ4v) is 9.98. The topological polar surface area (TPSA) is 0 Å². The molecule has 0 aliphatic heterocycles. The Morgan fingerprint density at radius 3 is 1.05 bits per heavy atom. The number of hydrogen-bond acceptors (Lipinski definition) is 0. The second-order valence-electron chi connectivity index (χ2n) is 4.95. The van der Waals surface area contributed by atoms with E-state index in [1.807, 2.05) is 0 Å². The molecule has 0 aliphatic rings. The van der Waals surface area contributed by atoms with Gasteiger partial charge in [0.15, 0.2) is 0 Å². The molecule has 0 saturated carbocycles. The Hall–Kier alpha value is -1.65. The van der Waals surface area contributed by atoms with Crippen molar-refractivity contribution in [2.45, 2.75) is 0 Å². The van der Waals surface area contributed by atoms with Crippen molar-refractivity contribution in [1.82, 2.24) is 0 Å². The third-order valence-electron chi connectivity index (χ3n) is 3.77. The van der Waals surface area contributed by atoms with Crippen LogP contribution in [0.5, 0.6) is 0 Å². The second-order valence-corrected chi connectivity index (χ2v) is 10.6. The zero-order chi connectivity index (χ0) is 14.5. The number of hydrogen-bond donors (Lipinski definition) is 0. The summed E-state index contributed by atoms with van der Waals surface area (Å²) in [6.07, 6.45) is 0. The van der Waals surface area contributed by atoms with Crippen molar-refractivity contribution in [2.75, 3.05) is 0 Å². The van der Waals surface area contributed by atoms with Crippen LogP contribution in [0.4, 0.5) is 0 Å². The van der Waals surface area contributed by atoms with Gasteiger partial charge in [0, 0.05) is 0 Å². The van der Waals surface area contributed by atoms with Crippen LogP contribution in [0.15, 0.2) is 91.0 Å². The van der Waals surface area contributed by atoms with Crippen molar-refractivity contribution in [3.63, 3.8) is 0 Å². The van der Waals surface area contributed by atoms with Gasteiger partial charge in [0.1, 0.15) is 0 Å². The summed E-state index contributed by atoms with van der Waals surface area (Å²) in [7, 11) is -2.11. The molecule has 3 aromatic carbocycles. The molecule has 0 unspecified atom stereocenters. The predicted octanol–water partition coefficient (Wildman–Crippen LogP) is 2.20. The van der Waals surface area contributed by atoms with Crippen molar-refractivity contribution < 1.29 is 19.2 Å². The van der Waals surface area contributed by atoms with Gasteiger partial charge >= 0.3 is 138 Å². The third-order valence-corrected chi connectivity index (χ3v) is 11.0. The Balaban J connectivity index is 2.32. The van der Waals surface area contributed by atoms with E-state index < -0.39 is 8.07 Å². The average molecular weight is 455 g/mol. The molecular weight excluding hydrogens is 440 g/mol. The number of benzene rings is 3. The van der Waals surface area contributed by atoms with Crippen LogP contribution < -0.4 is 15.6 Å². The molecule has 0 radical (unpaired) electrons. The summed E-state index contributed by atoms with van der Waals surface area (Å²) in [6.45, 7) is 0. The molecule has 3 rings (SSSR count). The molecular formula is C19H15SiW. The molecule has 0 fully saturated rings. The predicted molar refractivity (Wildman–Crippen MR) is 87.9 cm³/mol. The van der Waals surface area contributed by atoms with Gasteiger partial charge in [-0.15, -0.1) is 0 Å². The Labute approximate surface area is 137 Å². The Morgan fingerprint density at radius 1 is 0.524 bits per heavy atom. The van der Waals surface area contributed by atoms with Crippen LogP contribution in [0.3, 0.4) is 0 Å². The van der Waals surface area contributed by atoms with E-state index in [4.69, 9.17) is 0 Å². The zero-order valence-corrected chi connectivity index (χ0v) is 15.5. The summed E-state index contributed by atoms with van der Waals surface area (Å²) in [5.74, 6) is 0. The molecule has 0 nitrogen and oxygen atoms in total. The molecule has 0 atom stereocenters. The van der Waals surface area contributed by atoms with E-state index >= 15 is 0 Å². The molecule has 0 N–H and O–H groups in total. The van der Waals surface area contributed by atoms with Gasteiger partial charge in [-0.2, -0.15) is 0 Å². The number of rotatable bonds is 3. The molecule has 0 aliphatic carbocycles. The molecule has 0 spiro atoms. The van der Waals surface area contributed by atoms with Gasteiger partial charge in [0.25, 0.3) is 0 Å². The van der Waals surface area contributed by atoms with Gasteiger partial charge in [-0.05, 0) is 0 Å². The van der Waals surface area contributed by atoms with E-state index in [-0.39, 0.29) is 0 Å². The van der Waals surface area contributed by atoms with Crippen LogP contribution in [0.2, 0.25) is 0 Å². The van der Waals surface area contributed by atoms with E-state index in [1.54, 1.807) is 0 Å². The van der Waals surface area contributed by atoms with Gasteiger partial charge in [-0.1, -0.05) is 0 Å². The summed E-state index contributed by atoms with van der Waals surface area (Å²) in [5.41, 5.74) is 0. The van der Waals surface area contributed by atoms with Gasteiger partial charge in [-0.25, -0.2) is 0 Å². The van der Waals surface area contributed by atoms with Crippen LogP contribution >= 0.6 is 0 Å². The molecule has 0 heterocycles. The molecule has 3 aromatic rings. The van der Waals surface area contributed by atoms with Gasteiger partial charge < -0.3 is 0 Å². The fourth-order valence-electron chi connectivity index (χ4n) is 2.74. The molecule has 0 saturated heterocycles. The van der Waals surface area contributed by atoms with E-state index in [9.17, 15) is 0 Å². The summed E-state index contributed by atoms with van der Waals surface area (Å²) >= 11 is 1.41. The first-order valence-corrected chi connectivity index (χ1v) is 10.4. The van der Waals surface area contributed by atoms with Crippen LogP contribution in [0, 0.1) is 3.83 Å². The first-order valence-electron chi connectivity index (χ1n) is 6.94. The minimum absolute atomic E-state index is 1.40. The van der Waals surface area contributed by atoms with Gasteiger partial charge in [0.2, 0.25) is 0 Å². The van der Waals surface area contributed by atoms with Crippen molar-refractivity contribution in [2.24, 2.45) is 0 Å². The molecule has 21 heavy (non-hydrogen) atoms. The molecule has 2 heteroatoms. The molecule has 0 bridgehead atoms.